The maximum absolute atomic E-state index is 12.5. The lowest BCUT2D eigenvalue weighted by Crippen LogP contribution is -2.22. The van der Waals surface area contributed by atoms with Crippen LogP contribution in [0.2, 0.25) is 0 Å². The second kappa shape index (κ2) is 12.2. The number of amides is 2. The third kappa shape index (κ3) is 7.53. The van der Waals surface area contributed by atoms with E-state index >= 15 is 0 Å². The summed E-state index contributed by atoms with van der Waals surface area (Å²) in [5.74, 6) is -0.682. The van der Waals surface area contributed by atoms with Gasteiger partial charge in [0, 0.05) is 23.2 Å². The van der Waals surface area contributed by atoms with E-state index in [0.29, 0.717) is 22.6 Å². The molecular formula is C23H26N2O7. The molecule has 9 nitrogen and oxygen atoms in total. The van der Waals surface area contributed by atoms with Gasteiger partial charge >= 0.3 is 6.09 Å². The van der Waals surface area contributed by atoms with Crippen molar-refractivity contribution in [2.45, 2.75) is 20.0 Å². The summed E-state index contributed by atoms with van der Waals surface area (Å²) in [6, 6.07) is 13.2. The first kappa shape index (κ1) is 24.6. The number of carbonyl (C=O) groups is 3. The highest BCUT2D eigenvalue weighted by Crippen LogP contribution is 2.29. The fourth-order valence-electron chi connectivity index (χ4n) is 2.82. The highest BCUT2D eigenvalue weighted by molar-refractivity contribution is 5.95. The van der Waals surface area contributed by atoms with E-state index in [2.05, 4.69) is 5.32 Å². The van der Waals surface area contributed by atoms with E-state index in [-0.39, 0.29) is 19.0 Å². The number of aliphatic hydroxyl groups is 1. The molecule has 0 heterocycles. The van der Waals surface area contributed by atoms with E-state index in [4.69, 9.17) is 19.8 Å². The Kier molecular flexibility index (Phi) is 9.40. The monoisotopic (exact) mass is 442 g/mol. The SMILES string of the molecule is CC(=O)c1ccc(NC(=O)O[C@@H](c2ccc(OCCO)cc2)[C@@H](C)/C=C/C(=O)NO)cc1. The van der Waals surface area contributed by atoms with Gasteiger partial charge in [-0.1, -0.05) is 25.1 Å². The molecule has 0 aliphatic carbocycles. The number of ketones is 1. The lowest BCUT2D eigenvalue weighted by molar-refractivity contribution is -0.124. The maximum Gasteiger partial charge on any atom is 0.412 e. The summed E-state index contributed by atoms with van der Waals surface area (Å²) in [5.41, 5.74) is 3.12. The summed E-state index contributed by atoms with van der Waals surface area (Å²) in [6.07, 6.45) is 1.15. The molecule has 0 aliphatic rings. The van der Waals surface area contributed by atoms with Gasteiger partial charge in [-0.25, -0.2) is 10.3 Å². The molecule has 2 aromatic rings. The summed E-state index contributed by atoms with van der Waals surface area (Å²) in [7, 11) is 0. The van der Waals surface area contributed by atoms with Crippen molar-refractivity contribution in [2.75, 3.05) is 18.5 Å². The first-order valence-corrected chi connectivity index (χ1v) is 9.88. The van der Waals surface area contributed by atoms with Crippen LogP contribution < -0.4 is 15.5 Å². The van der Waals surface area contributed by atoms with E-state index in [0.717, 1.165) is 6.08 Å². The first-order chi connectivity index (χ1) is 15.3. The number of hydrogen-bond donors (Lipinski definition) is 4. The van der Waals surface area contributed by atoms with Gasteiger partial charge in [0.1, 0.15) is 18.5 Å². The van der Waals surface area contributed by atoms with Gasteiger partial charge in [0.05, 0.1) is 6.61 Å². The van der Waals surface area contributed by atoms with Crippen molar-refractivity contribution in [2.24, 2.45) is 5.92 Å². The highest BCUT2D eigenvalue weighted by atomic mass is 16.6. The zero-order chi connectivity index (χ0) is 23.5. The molecule has 32 heavy (non-hydrogen) atoms. The summed E-state index contributed by atoms with van der Waals surface area (Å²) in [6.45, 7) is 3.24. The van der Waals surface area contributed by atoms with Gasteiger partial charge in [-0.05, 0) is 48.9 Å². The van der Waals surface area contributed by atoms with E-state index in [1.165, 1.54) is 18.5 Å². The molecule has 4 N–H and O–H groups in total. The molecule has 0 saturated carbocycles. The standard InChI is InChI=1S/C23H26N2O7/c1-15(3-12-21(28)25-30)22(18-6-10-20(11-7-18)31-14-13-26)32-23(29)24-19-8-4-17(5-9-19)16(2)27/h3-12,15,22,26,30H,13-14H2,1-2H3,(H,24,29)(H,25,28)/b12-3+/t15-,22+/m0/s1. The number of ether oxygens (including phenoxy) is 2. The van der Waals surface area contributed by atoms with Crippen LogP contribution >= 0.6 is 0 Å². The van der Waals surface area contributed by atoms with E-state index in [9.17, 15) is 14.4 Å². The van der Waals surface area contributed by atoms with Crippen molar-refractivity contribution in [3.05, 3.63) is 71.8 Å². The number of carbonyl (C=O) groups excluding carboxylic acids is 3. The molecule has 2 amide bonds. The van der Waals surface area contributed by atoms with E-state index < -0.39 is 24.0 Å². The second-order valence-corrected chi connectivity index (χ2v) is 6.92. The lowest BCUT2D eigenvalue weighted by Gasteiger charge is -2.23. The summed E-state index contributed by atoms with van der Waals surface area (Å²) in [4.78, 5) is 35.2. The molecule has 0 saturated heterocycles. The summed E-state index contributed by atoms with van der Waals surface area (Å²) >= 11 is 0. The van der Waals surface area contributed by atoms with Crippen molar-refractivity contribution < 1.29 is 34.2 Å². The number of nitrogens with one attached hydrogen (secondary N) is 2. The quantitative estimate of drug-likeness (QED) is 0.192. The zero-order valence-electron chi connectivity index (χ0n) is 17.8. The largest absolute Gasteiger partial charge is 0.491 e. The Bertz CT molecular complexity index is 940. The number of hydroxylamine groups is 1. The van der Waals surface area contributed by atoms with Crippen molar-refractivity contribution in [1.29, 1.82) is 0 Å². The molecule has 2 atom stereocenters. The molecule has 170 valence electrons. The minimum atomic E-state index is -0.763. The molecule has 2 rings (SSSR count). The van der Waals surface area contributed by atoms with Gasteiger partial charge < -0.3 is 14.6 Å². The van der Waals surface area contributed by atoms with E-state index in [1.54, 1.807) is 55.5 Å². The molecular weight excluding hydrogens is 416 g/mol. The van der Waals surface area contributed by atoms with Crippen molar-refractivity contribution in [3.8, 4) is 5.75 Å². The number of Topliss-reactive ketones (excluding diaryl/α,β-unsaturated/α-hetero) is 1. The predicted molar refractivity (Wildman–Crippen MR) is 117 cm³/mol. The van der Waals surface area contributed by atoms with Gasteiger partial charge in [-0.2, -0.15) is 0 Å². The van der Waals surface area contributed by atoms with Gasteiger partial charge in [0.15, 0.2) is 5.78 Å². The van der Waals surface area contributed by atoms with Crippen LogP contribution in [-0.4, -0.2) is 41.3 Å². The van der Waals surface area contributed by atoms with Crippen LogP contribution in [0.15, 0.2) is 60.7 Å². The smallest absolute Gasteiger partial charge is 0.412 e. The molecule has 0 spiro atoms. The van der Waals surface area contributed by atoms with Crippen molar-refractivity contribution in [1.82, 2.24) is 5.48 Å². The fourth-order valence-corrected chi connectivity index (χ4v) is 2.82. The zero-order valence-corrected chi connectivity index (χ0v) is 17.8. The summed E-state index contributed by atoms with van der Waals surface area (Å²) in [5, 5.41) is 20.1. The van der Waals surface area contributed by atoms with Gasteiger partial charge in [-0.15, -0.1) is 0 Å². The molecule has 0 bridgehead atoms. The molecule has 0 fully saturated rings. The molecule has 0 radical (unpaired) electrons. The topological polar surface area (TPSA) is 134 Å². The van der Waals surface area contributed by atoms with Crippen LogP contribution in [-0.2, 0) is 9.53 Å². The fraction of sp³-hybridized carbons (Fsp3) is 0.261. The number of aliphatic hydroxyl groups excluding tert-OH is 1. The van der Waals surface area contributed by atoms with Crippen LogP contribution in [0.25, 0.3) is 0 Å². The number of rotatable bonds is 10. The molecule has 0 aromatic heterocycles. The van der Waals surface area contributed by atoms with Crippen LogP contribution in [0.1, 0.15) is 35.9 Å². The van der Waals surface area contributed by atoms with Crippen LogP contribution in [0.5, 0.6) is 5.75 Å². The Balaban J connectivity index is 2.17. The Morgan fingerprint density at radius 2 is 1.72 bits per heavy atom. The Morgan fingerprint density at radius 3 is 2.28 bits per heavy atom. The minimum absolute atomic E-state index is 0.0851. The summed E-state index contributed by atoms with van der Waals surface area (Å²) < 4.78 is 11.0. The third-order valence-corrected chi connectivity index (χ3v) is 4.48. The predicted octanol–water partition coefficient (Wildman–Crippen LogP) is 3.25. The van der Waals surface area contributed by atoms with E-state index in [1.807, 2.05) is 0 Å². The average Bonchev–Trinajstić information content (AvgIpc) is 2.80. The van der Waals surface area contributed by atoms with Crippen LogP contribution in [0.3, 0.4) is 0 Å². The molecule has 2 aromatic carbocycles. The Hall–Kier alpha value is -3.69. The molecule has 0 aliphatic heterocycles. The number of anilines is 1. The average molecular weight is 442 g/mol. The highest BCUT2D eigenvalue weighted by Gasteiger charge is 2.23. The third-order valence-electron chi connectivity index (χ3n) is 4.48. The maximum atomic E-state index is 12.5. The Labute approximate surface area is 185 Å². The lowest BCUT2D eigenvalue weighted by atomic mass is 9.96. The van der Waals surface area contributed by atoms with Crippen molar-refractivity contribution >= 4 is 23.5 Å². The van der Waals surface area contributed by atoms with Gasteiger partial charge in [0.2, 0.25) is 0 Å². The normalized spacial score (nSPS) is 12.6. The first-order valence-electron chi connectivity index (χ1n) is 9.88. The molecule has 9 heteroatoms. The minimum Gasteiger partial charge on any atom is -0.491 e. The van der Waals surface area contributed by atoms with Gasteiger partial charge in [0.25, 0.3) is 5.91 Å². The Morgan fingerprint density at radius 1 is 1.06 bits per heavy atom. The number of benzene rings is 2. The van der Waals surface area contributed by atoms with Crippen molar-refractivity contribution in [3.63, 3.8) is 0 Å². The molecule has 0 unspecified atom stereocenters. The van der Waals surface area contributed by atoms with Crippen LogP contribution in [0, 0.1) is 5.92 Å². The number of hydrogen-bond acceptors (Lipinski definition) is 7. The van der Waals surface area contributed by atoms with Crippen LogP contribution in [0.4, 0.5) is 10.5 Å². The second-order valence-electron chi connectivity index (χ2n) is 6.92. The van der Waals surface area contributed by atoms with Gasteiger partial charge in [-0.3, -0.25) is 20.1 Å².